The van der Waals surface area contributed by atoms with Gasteiger partial charge in [-0.2, -0.15) is 0 Å². The molecule has 1 unspecified atom stereocenters. The number of carbonyl (C=O) groups is 2. The molecule has 1 atom stereocenters. The zero-order valence-electron chi connectivity index (χ0n) is 20.2. The summed E-state index contributed by atoms with van der Waals surface area (Å²) in [6.45, 7) is 0. The third-order valence-electron chi connectivity index (χ3n) is 5.99. The van der Waals surface area contributed by atoms with Gasteiger partial charge in [-0.25, -0.2) is 4.39 Å². The van der Waals surface area contributed by atoms with Crippen molar-refractivity contribution in [3.63, 3.8) is 0 Å². The highest BCUT2D eigenvalue weighted by Crippen LogP contribution is 2.47. The van der Waals surface area contributed by atoms with Gasteiger partial charge in [-0.1, -0.05) is 71.6 Å². The zero-order chi connectivity index (χ0) is 27.7. The van der Waals surface area contributed by atoms with Crippen LogP contribution in [0.2, 0.25) is 0 Å². The van der Waals surface area contributed by atoms with Crippen LogP contribution in [0.3, 0.4) is 0 Å². The van der Waals surface area contributed by atoms with E-state index < -0.39 is 17.7 Å². The summed E-state index contributed by atoms with van der Waals surface area (Å²) in [6.07, 6.45) is 0. The van der Waals surface area contributed by atoms with Crippen LogP contribution in [0.25, 0.3) is 5.76 Å². The molecule has 2 heterocycles. The lowest BCUT2D eigenvalue weighted by molar-refractivity contribution is -0.132. The fraction of sp³-hybridized carbons (Fsp3) is 0.111. The highest BCUT2D eigenvalue weighted by atomic mass is 79.9. The zero-order valence-corrected chi connectivity index (χ0v) is 23.4. The maximum Gasteiger partial charge on any atom is 0.301 e. The number of aromatic hydroxyl groups is 1. The lowest BCUT2D eigenvalue weighted by atomic mass is 9.95. The molecule has 3 aromatic carbocycles. The molecule has 0 saturated carbocycles. The second-order valence-corrected chi connectivity index (χ2v) is 11.4. The average Bonchev–Trinajstić information content (AvgIpc) is 3.51. The normalized spacial score (nSPS) is 16.6. The predicted molar refractivity (Wildman–Crippen MR) is 149 cm³/mol. The number of anilines is 1. The van der Waals surface area contributed by atoms with Gasteiger partial charge in [0.25, 0.3) is 5.78 Å². The molecular formula is C27H19BrFN3O5S2. The van der Waals surface area contributed by atoms with E-state index in [0.29, 0.717) is 26.8 Å². The molecule has 0 spiro atoms. The molecule has 39 heavy (non-hydrogen) atoms. The number of thioether (sulfide) groups is 1. The molecule has 2 N–H and O–H groups in total. The van der Waals surface area contributed by atoms with Crippen molar-refractivity contribution in [1.29, 1.82) is 0 Å². The fourth-order valence-corrected chi connectivity index (χ4v) is 6.43. The summed E-state index contributed by atoms with van der Waals surface area (Å²) < 4.78 is 20.1. The van der Waals surface area contributed by atoms with E-state index in [1.807, 2.05) is 0 Å². The molecule has 1 aliphatic heterocycles. The first-order valence-corrected chi connectivity index (χ1v) is 14.0. The van der Waals surface area contributed by atoms with E-state index in [1.54, 1.807) is 48.5 Å². The molecule has 1 fully saturated rings. The molecular weight excluding hydrogens is 609 g/mol. The number of ether oxygens (including phenoxy) is 1. The minimum atomic E-state index is -1.10. The van der Waals surface area contributed by atoms with Gasteiger partial charge >= 0.3 is 5.91 Å². The number of carbonyl (C=O) groups excluding carboxylic acids is 2. The molecule has 5 rings (SSSR count). The van der Waals surface area contributed by atoms with Crippen LogP contribution in [0.15, 0.2) is 81.1 Å². The molecule has 0 bridgehead atoms. The number of ketones is 1. The molecule has 4 aromatic rings. The average molecular weight is 629 g/mol. The second-order valence-electron chi connectivity index (χ2n) is 8.32. The van der Waals surface area contributed by atoms with Gasteiger partial charge in [-0.15, -0.1) is 10.2 Å². The Labute approximate surface area is 238 Å². The molecule has 8 nitrogen and oxygen atoms in total. The maximum absolute atomic E-state index is 14.1. The second kappa shape index (κ2) is 11.2. The standard InChI is InChI=1S/C27H19BrFN3O5S2/c1-37-19-12-16(11-17(28)23(19)34)21-20(22(33)14-7-3-2-4-8-14)24(35)25(36)32(21)26-30-31-27(39-26)38-13-15-9-5-6-10-18(15)29/h2-12,21,33-34H,13H2,1H3/b22-20-. The van der Waals surface area contributed by atoms with Crippen LogP contribution >= 0.6 is 39.0 Å². The van der Waals surface area contributed by atoms with Crippen molar-refractivity contribution in [2.45, 2.75) is 16.1 Å². The highest BCUT2D eigenvalue weighted by Gasteiger charge is 2.48. The van der Waals surface area contributed by atoms with E-state index in [2.05, 4.69) is 26.1 Å². The van der Waals surface area contributed by atoms with Crippen LogP contribution in [0.4, 0.5) is 9.52 Å². The molecule has 1 saturated heterocycles. The largest absolute Gasteiger partial charge is 0.507 e. The van der Waals surface area contributed by atoms with Crippen molar-refractivity contribution in [2.24, 2.45) is 0 Å². The third kappa shape index (κ3) is 5.14. The van der Waals surface area contributed by atoms with Crippen molar-refractivity contribution >= 4 is 61.6 Å². The molecule has 198 valence electrons. The van der Waals surface area contributed by atoms with E-state index in [9.17, 15) is 24.2 Å². The summed E-state index contributed by atoms with van der Waals surface area (Å²) in [7, 11) is 1.37. The SMILES string of the molecule is COc1cc(C2/C(=C(/O)c3ccccc3)C(=O)C(=O)N2c2nnc(SCc3ccccc3F)s2)cc(Br)c1O. The Morgan fingerprint density at radius 2 is 1.85 bits per heavy atom. The van der Waals surface area contributed by atoms with Crippen molar-refractivity contribution in [3.8, 4) is 11.5 Å². The number of Topliss-reactive ketones (excluding diaryl/α,β-unsaturated/α-hetero) is 1. The Balaban J connectivity index is 1.59. The first-order chi connectivity index (χ1) is 18.8. The smallest absolute Gasteiger partial charge is 0.301 e. The van der Waals surface area contributed by atoms with Crippen molar-refractivity contribution in [2.75, 3.05) is 12.0 Å². The lowest BCUT2D eigenvalue weighted by Gasteiger charge is -2.23. The Morgan fingerprint density at radius 1 is 1.13 bits per heavy atom. The number of phenolic OH excluding ortho intramolecular Hbond substituents is 1. The van der Waals surface area contributed by atoms with Crippen LogP contribution in [-0.4, -0.2) is 39.2 Å². The quantitative estimate of drug-likeness (QED) is 0.0834. The lowest BCUT2D eigenvalue weighted by Crippen LogP contribution is -2.29. The van der Waals surface area contributed by atoms with E-state index >= 15 is 0 Å². The first-order valence-electron chi connectivity index (χ1n) is 11.4. The third-order valence-corrected chi connectivity index (χ3v) is 8.70. The van der Waals surface area contributed by atoms with Gasteiger partial charge in [0, 0.05) is 11.3 Å². The number of phenols is 1. The Kier molecular flexibility index (Phi) is 7.69. The van der Waals surface area contributed by atoms with Crippen molar-refractivity contribution < 1.29 is 28.9 Å². The van der Waals surface area contributed by atoms with Gasteiger partial charge in [-0.3, -0.25) is 14.5 Å². The van der Waals surface area contributed by atoms with Gasteiger partial charge in [0.2, 0.25) is 5.13 Å². The van der Waals surface area contributed by atoms with Gasteiger partial charge in [-0.05, 0) is 45.3 Å². The van der Waals surface area contributed by atoms with Gasteiger partial charge in [0.15, 0.2) is 15.8 Å². The minimum Gasteiger partial charge on any atom is -0.507 e. The van der Waals surface area contributed by atoms with Gasteiger partial charge in [0.1, 0.15) is 11.6 Å². The fourth-order valence-electron chi connectivity index (χ4n) is 4.12. The number of aliphatic hydroxyl groups is 1. The Hall–Kier alpha value is -3.74. The molecule has 1 aromatic heterocycles. The number of nitrogens with zero attached hydrogens (tertiary/aromatic N) is 3. The minimum absolute atomic E-state index is 0.100. The monoisotopic (exact) mass is 627 g/mol. The number of aliphatic hydroxyl groups excluding tert-OH is 1. The molecule has 1 amide bonds. The van der Waals surface area contributed by atoms with Crippen LogP contribution in [0.1, 0.15) is 22.7 Å². The number of methoxy groups -OCH3 is 1. The summed E-state index contributed by atoms with van der Waals surface area (Å²) in [5.41, 5.74) is 1.07. The van der Waals surface area contributed by atoms with Crippen molar-refractivity contribution in [3.05, 3.63) is 99.3 Å². The summed E-state index contributed by atoms with van der Waals surface area (Å²) in [5, 5.41) is 30.0. The van der Waals surface area contributed by atoms with Crippen LogP contribution < -0.4 is 9.64 Å². The number of halogens is 2. The summed E-state index contributed by atoms with van der Waals surface area (Å²) in [5.74, 6) is -2.27. The van der Waals surface area contributed by atoms with Crippen LogP contribution in [-0.2, 0) is 15.3 Å². The predicted octanol–water partition coefficient (Wildman–Crippen LogP) is 6.07. The molecule has 1 aliphatic rings. The number of hydrogen-bond donors (Lipinski definition) is 2. The number of aromatic nitrogens is 2. The van der Waals surface area contributed by atoms with E-state index in [0.717, 1.165) is 11.3 Å². The molecule has 0 radical (unpaired) electrons. The van der Waals surface area contributed by atoms with E-state index in [4.69, 9.17) is 4.74 Å². The Bertz CT molecular complexity index is 1610. The van der Waals surface area contributed by atoms with E-state index in [1.165, 1.54) is 42.0 Å². The summed E-state index contributed by atoms with van der Waals surface area (Å²) >= 11 is 5.59. The maximum atomic E-state index is 14.1. The first kappa shape index (κ1) is 26.9. The summed E-state index contributed by atoms with van der Waals surface area (Å²) in [4.78, 5) is 27.9. The van der Waals surface area contributed by atoms with Crippen LogP contribution in [0, 0.1) is 5.82 Å². The van der Waals surface area contributed by atoms with Gasteiger partial charge in [0.05, 0.1) is 23.2 Å². The number of amides is 1. The van der Waals surface area contributed by atoms with Crippen molar-refractivity contribution in [1.82, 2.24) is 10.2 Å². The molecule has 0 aliphatic carbocycles. The van der Waals surface area contributed by atoms with E-state index in [-0.39, 0.29) is 38.3 Å². The van der Waals surface area contributed by atoms with Gasteiger partial charge < -0.3 is 14.9 Å². The highest BCUT2D eigenvalue weighted by molar-refractivity contribution is 9.10. The number of rotatable bonds is 7. The number of benzene rings is 3. The number of hydrogen-bond acceptors (Lipinski definition) is 9. The Morgan fingerprint density at radius 3 is 2.56 bits per heavy atom. The topological polar surface area (TPSA) is 113 Å². The summed E-state index contributed by atoms with van der Waals surface area (Å²) in [6, 6.07) is 16.7. The molecule has 12 heteroatoms. The van der Waals surface area contributed by atoms with Crippen LogP contribution in [0.5, 0.6) is 11.5 Å².